The Morgan fingerprint density at radius 1 is 1.23 bits per heavy atom. The Morgan fingerprint density at radius 3 is 2.64 bits per heavy atom. The van der Waals surface area contributed by atoms with Gasteiger partial charge in [0.25, 0.3) is 0 Å². The van der Waals surface area contributed by atoms with E-state index in [2.05, 4.69) is 20.5 Å². The van der Waals surface area contributed by atoms with Crippen LogP contribution in [0.5, 0.6) is 0 Å². The second-order valence-electron chi connectivity index (χ2n) is 5.75. The van der Waals surface area contributed by atoms with Crippen molar-refractivity contribution >= 4 is 29.9 Å². The van der Waals surface area contributed by atoms with Crippen molar-refractivity contribution in [2.24, 2.45) is 10.9 Å². The van der Waals surface area contributed by atoms with E-state index in [0.717, 1.165) is 77.4 Å². The molecule has 0 bridgehead atoms. The largest absolute Gasteiger partial charge is 0.381 e. The van der Waals surface area contributed by atoms with Crippen LogP contribution in [-0.4, -0.2) is 77.1 Å². The van der Waals surface area contributed by atoms with Crippen LogP contribution in [0.2, 0.25) is 0 Å². The van der Waals surface area contributed by atoms with E-state index in [1.54, 1.807) is 0 Å². The molecule has 2 fully saturated rings. The summed E-state index contributed by atoms with van der Waals surface area (Å²) in [6.07, 6.45) is 3.74. The molecule has 1 heterocycles. The number of aliphatic imine (C=N–C) groups is 1. The first-order valence-electron chi connectivity index (χ1n) is 8.21. The lowest BCUT2D eigenvalue weighted by Crippen LogP contribution is -2.44. The zero-order valence-corrected chi connectivity index (χ0v) is 16.0. The summed E-state index contributed by atoms with van der Waals surface area (Å²) in [4.78, 5) is 6.65. The molecule has 2 aliphatic rings. The van der Waals surface area contributed by atoms with Crippen molar-refractivity contribution in [2.75, 3.05) is 66.2 Å². The summed E-state index contributed by atoms with van der Waals surface area (Å²) in [5.74, 6) is 1.73. The first kappa shape index (κ1) is 19.9. The van der Waals surface area contributed by atoms with Crippen LogP contribution in [-0.2, 0) is 9.47 Å². The molecule has 0 radical (unpaired) electrons. The van der Waals surface area contributed by atoms with Crippen molar-refractivity contribution in [3.05, 3.63) is 0 Å². The number of halogens is 1. The lowest BCUT2D eigenvalue weighted by Gasteiger charge is -2.26. The van der Waals surface area contributed by atoms with Gasteiger partial charge in [-0.2, -0.15) is 0 Å². The molecule has 2 rings (SSSR count). The maximum atomic E-state index is 5.61. The molecular formula is C15H31IN4O2. The van der Waals surface area contributed by atoms with Crippen molar-refractivity contribution in [1.82, 2.24) is 15.5 Å². The fraction of sp³-hybridized carbons (Fsp3) is 0.933. The molecule has 0 atom stereocenters. The van der Waals surface area contributed by atoms with Crippen LogP contribution in [0.25, 0.3) is 0 Å². The number of nitrogens with zero attached hydrogens (tertiary/aromatic N) is 2. The molecule has 1 aliphatic heterocycles. The standard InChI is InChI=1S/C15H30N4O2.HI/c1-16-15(17-5-2-10-21-13-14-3-4-14)18-6-7-19-8-11-20-12-9-19;/h14H,2-13H2,1H3,(H2,16,17,18);1H. The van der Waals surface area contributed by atoms with E-state index in [9.17, 15) is 0 Å². The number of guanidine groups is 1. The van der Waals surface area contributed by atoms with Gasteiger partial charge in [0.2, 0.25) is 0 Å². The summed E-state index contributed by atoms with van der Waals surface area (Å²) in [6.45, 7) is 8.43. The first-order valence-corrected chi connectivity index (χ1v) is 8.21. The predicted octanol–water partition coefficient (Wildman–Crippen LogP) is 0.918. The molecule has 2 N–H and O–H groups in total. The van der Waals surface area contributed by atoms with Crippen LogP contribution in [0.15, 0.2) is 4.99 Å². The van der Waals surface area contributed by atoms with Gasteiger partial charge in [-0.3, -0.25) is 9.89 Å². The number of rotatable bonds is 9. The van der Waals surface area contributed by atoms with E-state index in [1.807, 2.05) is 7.05 Å². The molecule has 0 spiro atoms. The first-order chi connectivity index (χ1) is 10.4. The maximum absolute atomic E-state index is 5.61. The predicted molar refractivity (Wildman–Crippen MR) is 100 cm³/mol. The van der Waals surface area contributed by atoms with E-state index in [1.165, 1.54) is 12.8 Å². The summed E-state index contributed by atoms with van der Waals surface area (Å²) in [6, 6.07) is 0. The van der Waals surface area contributed by atoms with Crippen molar-refractivity contribution in [1.29, 1.82) is 0 Å². The highest BCUT2D eigenvalue weighted by molar-refractivity contribution is 14.0. The van der Waals surface area contributed by atoms with Gasteiger partial charge in [-0.1, -0.05) is 0 Å². The van der Waals surface area contributed by atoms with Gasteiger partial charge < -0.3 is 20.1 Å². The molecule has 0 unspecified atom stereocenters. The summed E-state index contributed by atoms with van der Waals surface area (Å²) >= 11 is 0. The average Bonchev–Trinajstić information content (AvgIpc) is 3.34. The Bertz CT molecular complexity index is 308. The van der Waals surface area contributed by atoms with Crippen molar-refractivity contribution in [2.45, 2.75) is 19.3 Å². The quantitative estimate of drug-likeness (QED) is 0.249. The van der Waals surface area contributed by atoms with Crippen molar-refractivity contribution in [3.8, 4) is 0 Å². The van der Waals surface area contributed by atoms with Crippen LogP contribution >= 0.6 is 24.0 Å². The Labute approximate surface area is 151 Å². The Kier molecular flexibility index (Phi) is 11.2. The Balaban J connectivity index is 0.00000242. The van der Waals surface area contributed by atoms with Gasteiger partial charge in [-0.05, 0) is 25.2 Å². The lowest BCUT2D eigenvalue weighted by atomic mass is 10.4. The molecule has 0 aromatic heterocycles. The van der Waals surface area contributed by atoms with E-state index < -0.39 is 0 Å². The minimum absolute atomic E-state index is 0. The highest BCUT2D eigenvalue weighted by Crippen LogP contribution is 2.28. The van der Waals surface area contributed by atoms with Gasteiger partial charge in [0.05, 0.1) is 13.2 Å². The topological polar surface area (TPSA) is 58.1 Å². The number of nitrogens with one attached hydrogen (secondary N) is 2. The van der Waals surface area contributed by atoms with Crippen LogP contribution in [0.1, 0.15) is 19.3 Å². The third-order valence-electron chi connectivity index (χ3n) is 3.86. The van der Waals surface area contributed by atoms with Crippen molar-refractivity contribution < 1.29 is 9.47 Å². The molecule has 0 aromatic carbocycles. The Morgan fingerprint density at radius 2 is 1.95 bits per heavy atom. The van der Waals surface area contributed by atoms with E-state index in [0.29, 0.717) is 0 Å². The number of ether oxygens (including phenoxy) is 2. The smallest absolute Gasteiger partial charge is 0.191 e. The highest BCUT2D eigenvalue weighted by atomic mass is 127. The van der Waals surface area contributed by atoms with Crippen molar-refractivity contribution in [3.63, 3.8) is 0 Å². The third kappa shape index (κ3) is 9.12. The van der Waals surface area contributed by atoms with Gasteiger partial charge in [0.15, 0.2) is 5.96 Å². The van der Waals surface area contributed by atoms with Crippen LogP contribution in [0.4, 0.5) is 0 Å². The summed E-state index contributed by atoms with van der Waals surface area (Å²) < 4.78 is 11.0. The monoisotopic (exact) mass is 426 g/mol. The molecule has 1 saturated heterocycles. The van der Waals surface area contributed by atoms with E-state index in [-0.39, 0.29) is 24.0 Å². The molecule has 1 aliphatic carbocycles. The van der Waals surface area contributed by atoms with Gasteiger partial charge in [0.1, 0.15) is 0 Å². The maximum Gasteiger partial charge on any atom is 0.191 e. The second-order valence-corrected chi connectivity index (χ2v) is 5.75. The minimum Gasteiger partial charge on any atom is -0.381 e. The van der Waals surface area contributed by atoms with Crippen LogP contribution < -0.4 is 10.6 Å². The molecule has 22 heavy (non-hydrogen) atoms. The normalized spacial score (nSPS) is 19.6. The SMILES string of the molecule is CN=C(NCCCOCC1CC1)NCCN1CCOCC1.I. The van der Waals surface area contributed by atoms with E-state index >= 15 is 0 Å². The van der Waals surface area contributed by atoms with E-state index in [4.69, 9.17) is 9.47 Å². The number of morpholine rings is 1. The molecule has 0 aromatic rings. The van der Waals surface area contributed by atoms with Gasteiger partial charge in [-0.15, -0.1) is 24.0 Å². The molecule has 0 amide bonds. The fourth-order valence-corrected chi connectivity index (χ4v) is 2.29. The summed E-state index contributed by atoms with van der Waals surface area (Å²) in [5.41, 5.74) is 0. The van der Waals surface area contributed by atoms with Gasteiger partial charge in [-0.25, -0.2) is 0 Å². The van der Waals surface area contributed by atoms with Crippen LogP contribution in [0.3, 0.4) is 0 Å². The van der Waals surface area contributed by atoms with Gasteiger partial charge in [0, 0.05) is 53.0 Å². The third-order valence-corrected chi connectivity index (χ3v) is 3.86. The molecule has 1 saturated carbocycles. The summed E-state index contributed by atoms with van der Waals surface area (Å²) in [5, 5.41) is 6.68. The molecule has 7 heteroatoms. The molecular weight excluding hydrogens is 395 g/mol. The molecule has 6 nitrogen and oxygen atoms in total. The van der Waals surface area contributed by atoms with Gasteiger partial charge >= 0.3 is 0 Å². The lowest BCUT2D eigenvalue weighted by molar-refractivity contribution is 0.0389. The number of hydrogen-bond donors (Lipinski definition) is 2. The zero-order valence-electron chi connectivity index (χ0n) is 13.7. The fourth-order valence-electron chi connectivity index (χ4n) is 2.29. The Hall–Kier alpha value is -0.120. The number of hydrogen-bond acceptors (Lipinski definition) is 4. The zero-order chi connectivity index (χ0) is 14.8. The summed E-state index contributed by atoms with van der Waals surface area (Å²) in [7, 11) is 1.81. The average molecular weight is 426 g/mol. The minimum atomic E-state index is 0. The highest BCUT2D eigenvalue weighted by Gasteiger charge is 2.20. The van der Waals surface area contributed by atoms with Crippen LogP contribution in [0, 0.1) is 5.92 Å². The second kappa shape index (κ2) is 12.3. The molecule has 130 valence electrons.